The second-order valence-electron chi connectivity index (χ2n) is 5.65. The summed E-state index contributed by atoms with van der Waals surface area (Å²) in [6.45, 7) is -0.435. The minimum atomic E-state index is -1.06. The first kappa shape index (κ1) is 19.6. The lowest BCUT2D eigenvalue weighted by Gasteiger charge is -2.20. The Hall–Kier alpha value is -2.12. The van der Waals surface area contributed by atoms with Gasteiger partial charge in [0.2, 0.25) is 0 Å². The van der Waals surface area contributed by atoms with Crippen molar-refractivity contribution >= 4 is 27.3 Å². The molecule has 144 valence electrons. The fraction of sp³-hybridized carbons (Fsp3) is 0.333. The van der Waals surface area contributed by atoms with Crippen molar-refractivity contribution in [2.24, 2.45) is 0 Å². The highest BCUT2D eigenvalue weighted by Gasteiger charge is 2.45. The molecule has 1 saturated heterocycles. The van der Waals surface area contributed by atoms with Gasteiger partial charge in [-0.25, -0.2) is 4.79 Å². The number of hydrogen-bond acceptors (Lipinski definition) is 9. The molecule has 3 rings (SSSR count). The summed E-state index contributed by atoms with van der Waals surface area (Å²) in [6, 6.07) is 7.04. The molecule has 0 saturated carbocycles. The highest BCUT2D eigenvalue weighted by atomic mass is 33.1. The molecule has 0 bridgehead atoms. The van der Waals surface area contributed by atoms with Gasteiger partial charge in [0.1, 0.15) is 6.10 Å². The van der Waals surface area contributed by atoms with Gasteiger partial charge in [-0.05, 0) is 12.1 Å². The Morgan fingerprint density at radius 1 is 1.26 bits per heavy atom. The topological polar surface area (TPSA) is 148 Å². The molecule has 27 heavy (non-hydrogen) atoms. The predicted octanol–water partition coefficient (Wildman–Crippen LogP) is 0.504. The molecule has 0 radical (unpaired) electrons. The van der Waals surface area contributed by atoms with Crippen molar-refractivity contribution in [1.29, 1.82) is 0 Å². The van der Waals surface area contributed by atoms with Crippen molar-refractivity contribution in [1.82, 2.24) is 9.55 Å². The number of benzene rings is 1. The maximum atomic E-state index is 12.1. The third-order valence-corrected chi connectivity index (χ3v) is 6.75. The van der Waals surface area contributed by atoms with Crippen LogP contribution in [-0.2, 0) is 4.74 Å². The van der Waals surface area contributed by atoms with Crippen molar-refractivity contribution in [2.75, 3.05) is 6.61 Å². The summed E-state index contributed by atoms with van der Waals surface area (Å²) in [5, 5.41) is 29.9. The first-order valence-electron chi connectivity index (χ1n) is 7.74. The van der Waals surface area contributed by atoms with Crippen molar-refractivity contribution in [3.05, 3.63) is 67.5 Å². The predicted molar refractivity (Wildman–Crippen MR) is 98.7 cm³/mol. The summed E-state index contributed by atoms with van der Waals surface area (Å²) in [7, 11) is 2.45. The largest absolute Gasteiger partial charge is 0.394 e. The number of ether oxygens (including phenoxy) is 1. The van der Waals surface area contributed by atoms with E-state index in [1.807, 2.05) is 0 Å². The number of H-pyrrole nitrogens is 1. The van der Waals surface area contributed by atoms with Crippen LogP contribution in [-0.4, -0.2) is 48.8 Å². The summed E-state index contributed by atoms with van der Waals surface area (Å²) < 4.78 is 6.75. The van der Waals surface area contributed by atoms with Crippen LogP contribution in [0.15, 0.2) is 51.0 Å². The second-order valence-corrected chi connectivity index (χ2v) is 8.10. The Kier molecular flexibility index (Phi) is 6.01. The third kappa shape index (κ3) is 4.25. The number of rotatable bonds is 6. The molecule has 2 aromatic rings. The van der Waals surface area contributed by atoms with Crippen molar-refractivity contribution in [3.63, 3.8) is 0 Å². The highest BCUT2D eigenvalue weighted by molar-refractivity contribution is 8.77. The zero-order valence-corrected chi connectivity index (χ0v) is 15.3. The molecule has 1 fully saturated rings. The highest BCUT2D eigenvalue weighted by Crippen LogP contribution is 2.45. The maximum absolute atomic E-state index is 12.1. The third-order valence-electron chi connectivity index (χ3n) is 3.92. The minimum absolute atomic E-state index is 0.0356. The summed E-state index contributed by atoms with van der Waals surface area (Å²) in [4.78, 5) is 36.3. The number of aliphatic hydroxyl groups excluding tert-OH is 2. The number of non-ortho nitro benzene ring substituents is 1. The van der Waals surface area contributed by atoms with E-state index >= 15 is 0 Å². The molecule has 0 spiro atoms. The quantitative estimate of drug-likeness (QED) is 0.350. The molecule has 10 nitrogen and oxygen atoms in total. The molecule has 2 unspecified atom stereocenters. The molecule has 3 N–H and O–H groups in total. The van der Waals surface area contributed by atoms with Crippen LogP contribution in [0.25, 0.3) is 0 Å². The standard InChI is InChI=1S/C15H15N3O7S2/c19-7-10-12(21)13(14(25-10)17-6-5-11(20)16-15(17)22)27-26-9-3-1-8(2-4-9)18(23)24/h1-6,10,12-14,19,21H,7H2,(H,16,20,22)/t10-,12?,13?,14-/m1/s1. The van der Waals surface area contributed by atoms with E-state index in [4.69, 9.17) is 4.74 Å². The number of aromatic amines is 1. The Balaban J connectivity index is 1.80. The van der Waals surface area contributed by atoms with Gasteiger partial charge in [0.25, 0.3) is 11.2 Å². The van der Waals surface area contributed by atoms with E-state index in [0.29, 0.717) is 4.90 Å². The van der Waals surface area contributed by atoms with E-state index in [9.17, 15) is 29.9 Å². The number of hydrogen-bond donors (Lipinski definition) is 3. The first-order chi connectivity index (χ1) is 12.9. The van der Waals surface area contributed by atoms with Crippen molar-refractivity contribution < 1.29 is 19.9 Å². The van der Waals surface area contributed by atoms with Crippen LogP contribution in [0, 0.1) is 10.1 Å². The monoisotopic (exact) mass is 413 g/mol. The average Bonchev–Trinajstić information content (AvgIpc) is 2.96. The number of nitro groups is 1. The van der Waals surface area contributed by atoms with Gasteiger partial charge in [0.15, 0.2) is 6.23 Å². The van der Waals surface area contributed by atoms with E-state index in [2.05, 4.69) is 4.98 Å². The van der Waals surface area contributed by atoms with Crippen LogP contribution in [0.1, 0.15) is 6.23 Å². The van der Waals surface area contributed by atoms with Crippen molar-refractivity contribution in [2.45, 2.75) is 28.6 Å². The lowest BCUT2D eigenvalue weighted by Crippen LogP contribution is -2.36. The van der Waals surface area contributed by atoms with Gasteiger partial charge in [-0.15, -0.1) is 0 Å². The number of nitrogens with zero attached hydrogens (tertiary/aromatic N) is 2. The molecule has 1 aromatic heterocycles. The molecule has 4 atom stereocenters. The number of nitrogens with one attached hydrogen (secondary N) is 1. The SMILES string of the molecule is O=c1ccn([C@@H]2O[C@H](CO)C(O)C2SSc2ccc([N+](=O)[O-])cc2)c(=O)[nH]1. The maximum Gasteiger partial charge on any atom is 0.330 e. The van der Waals surface area contributed by atoms with Gasteiger partial charge in [0, 0.05) is 29.3 Å². The van der Waals surface area contributed by atoms with Gasteiger partial charge in [-0.1, -0.05) is 21.6 Å². The summed E-state index contributed by atoms with van der Waals surface area (Å²) in [5.41, 5.74) is -1.28. The van der Waals surface area contributed by atoms with E-state index in [0.717, 1.165) is 10.6 Å². The molecule has 0 aliphatic carbocycles. The molecule has 2 heterocycles. The summed E-state index contributed by atoms with van der Waals surface area (Å²) in [5.74, 6) is 0. The average molecular weight is 413 g/mol. The van der Waals surface area contributed by atoms with Gasteiger partial charge in [-0.2, -0.15) is 0 Å². The normalized spacial score (nSPS) is 24.8. The number of aliphatic hydroxyl groups is 2. The zero-order valence-electron chi connectivity index (χ0n) is 13.6. The molecular weight excluding hydrogens is 398 g/mol. The fourth-order valence-electron chi connectivity index (χ4n) is 2.56. The number of nitro benzene ring substituents is 1. The van der Waals surface area contributed by atoms with Crippen LogP contribution in [0.3, 0.4) is 0 Å². The Morgan fingerprint density at radius 2 is 1.96 bits per heavy atom. The molecule has 12 heteroatoms. The molecule has 0 amide bonds. The minimum Gasteiger partial charge on any atom is -0.394 e. The van der Waals surface area contributed by atoms with E-state index in [1.54, 1.807) is 12.1 Å². The van der Waals surface area contributed by atoms with Crippen molar-refractivity contribution in [3.8, 4) is 0 Å². The van der Waals surface area contributed by atoms with Gasteiger partial charge < -0.3 is 14.9 Å². The van der Waals surface area contributed by atoms with E-state index in [1.165, 1.54) is 39.9 Å². The summed E-state index contributed by atoms with van der Waals surface area (Å²) >= 11 is 0. The lowest BCUT2D eigenvalue weighted by molar-refractivity contribution is -0.384. The Bertz CT molecular complexity index is 930. The van der Waals surface area contributed by atoms with Crippen LogP contribution in [0.5, 0.6) is 0 Å². The number of aromatic nitrogens is 2. The van der Waals surface area contributed by atoms with Crippen LogP contribution < -0.4 is 11.2 Å². The van der Waals surface area contributed by atoms with Gasteiger partial charge in [-0.3, -0.25) is 24.5 Å². The van der Waals surface area contributed by atoms with Crippen LogP contribution in [0.2, 0.25) is 0 Å². The molecule has 1 aliphatic heterocycles. The smallest absolute Gasteiger partial charge is 0.330 e. The van der Waals surface area contributed by atoms with E-state index < -0.39 is 46.5 Å². The second kappa shape index (κ2) is 8.27. The first-order valence-corrected chi connectivity index (χ1v) is 9.95. The summed E-state index contributed by atoms with van der Waals surface area (Å²) in [6.07, 6.45) is -1.59. The molecular formula is C15H15N3O7S2. The van der Waals surface area contributed by atoms with Crippen LogP contribution in [0.4, 0.5) is 5.69 Å². The van der Waals surface area contributed by atoms with Crippen LogP contribution >= 0.6 is 21.6 Å². The van der Waals surface area contributed by atoms with Gasteiger partial charge in [0.05, 0.1) is 22.9 Å². The fourth-order valence-corrected chi connectivity index (χ4v) is 5.23. The van der Waals surface area contributed by atoms with Gasteiger partial charge >= 0.3 is 5.69 Å². The molecule has 1 aromatic carbocycles. The Morgan fingerprint density at radius 3 is 2.56 bits per heavy atom. The zero-order chi connectivity index (χ0) is 19.6. The van der Waals surface area contributed by atoms with E-state index in [-0.39, 0.29) is 5.69 Å². The Labute approximate surface area is 159 Å². The lowest BCUT2D eigenvalue weighted by atomic mass is 10.2. The molecule has 1 aliphatic rings.